The van der Waals surface area contributed by atoms with Crippen LogP contribution in [0.25, 0.3) is 0 Å². The number of hydrogen-bond acceptors (Lipinski definition) is 4. The zero-order valence-electron chi connectivity index (χ0n) is 13.1. The number of nitrogens with one attached hydrogen (secondary N) is 1. The fourth-order valence-electron chi connectivity index (χ4n) is 1.92. The summed E-state index contributed by atoms with van der Waals surface area (Å²) in [5.74, 6) is -5.53. The van der Waals surface area contributed by atoms with Crippen molar-refractivity contribution in [3.05, 3.63) is 59.4 Å². The molecule has 0 radical (unpaired) electrons. The summed E-state index contributed by atoms with van der Waals surface area (Å²) in [7, 11) is 1.51. The lowest BCUT2D eigenvalue weighted by atomic mass is 10.1. The average Bonchev–Trinajstić information content (AvgIpc) is 2.61. The molecular formula is C17H14F3NO4. The topological polar surface area (TPSA) is 64.6 Å². The monoisotopic (exact) mass is 353 g/mol. The quantitative estimate of drug-likeness (QED) is 0.641. The molecule has 0 unspecified atom stereocenters. The molecule has 0 bridgehead atoms. The summed E-state index contributed by atoms with van der Waals surface area (Å²) in [6.07, 6.45) is -0.0726. The number of esters is 1. The van der Waals surface area contributed by atoms with Gasteiger partial charge in [-0.2, -0.15) is 0 Å². The van der Waals surface area contributed by atoms with Crippen LogP contribution in [0, 0.1) is 17.5 Å². The van der Waals surface area contributed by atoms with Crippen LogP contribution in [0.4, 0.5) is 18.9 Å². The summed E-state index contributed by atoms with van der Waals surface area (Å²) in [6, 6.07) is 8.20. The first-order chi connectivity index (χ1) is 11.9. The molecule has 0 aliphatic heterocycles. The molecule has 0 aromatic heterocycles. The fraction of sp³-hybridized carbons (Fsp3) is 0.176. The zero-order chi connectivity index (χ0) is 18.4. The van der Waals surface area contributed by atoms with Crippen LogP contribution >= 0.6 is 0 Å². The molecule has 2 aromatic carbocycles. The second-order valence-electron chi connectivity index (χ2n) is 4.96. The summed E-state index contributed by atoms with van der Waals surface area (Å²) >= 11 is 0. The van der Waals surface area contributed by atoms with Crippen LogP contribution in [0.15, 0.2) is 36.4 Å². The van der Waals surface area contributed by atoms with Gasteiger partial charge in [0.15, 0.2) is 24.1 Å². The van der Waals surface area contributed by atoms with Gasteiger partial charge in [-0.15, -0.1) is 0 Å². The van der Waals surface area contributed by atoms with Crippen LogP contribution in [0.3, 0.4) is 0 Å². The molecular weight excluding hydrogens is 339 g/mol. The molecule has 2 rings (SSSR count). The standard InChI is InChI=1S/C17H14F3NO4/c1-24-11-4-2-10(3-5-11)8-15(23)25-9-14(22)21-13-7-6-12(18)16(19)17(13)20/h2-7H,8-9H2,1H3,(H,21,22). The van der Waals surface area contributed by atoms with Crippen LogP contribution in [0.2, 0.25) is 0 Å². The van der Waals surface area contributed by atoms with Crippen LogP contribution in [0.5, 0.6) is 5.75 Å². The predicted octanol–water partition coefficient (Wildman–Crippen LogP) is 2.84. The van der Waals surface area contributed by atoms with Crippen LogP contribution in [0.1, 0.15) is 5.56 Å². The predicted molar refractivity (Wildman–Crippen MR) is 82.6 cm³/mol. The van der Waals surface area contributed by atoms with E-state index in [4.69, 9.17) is 9.47 Å². The van der Waals surface area contributed by atoms with E-state index >= 15 is 0 Å². The second-order valence-corrected chi connectivity index (χ2v) is 4.96. The van der Waals surface area contributed by atoms with Crippen molar-refractivity contribution in [3.8, 4) is 5.75 Å². The van der Waals surface area contributed by atoms with Gasteiger partial charge in [0.05, 0.1) is 19.2 Å². The van der Waals surface area contributed by atoms with Crippen molar-refractivity contribution in [1.29, 1.82) is 0 Å². The van der Waals surface area contributed by atoms with Gasteiger partial charge in [-0.05, 0) is 29.8 Å². The first-order valence-corrected chi connectivity index (χ1v) is 7.12. The largest absolute Gasteiger partial charge is 0.497 e. The zero-order valence-corrected chi connectivity index (χ0v) is 13.1. The highest BCUT2D eigenvalue weighted by molar-refractivity contribution is 5.93. The van der Waals surface area contributed by atoms with Crippen molar-refractivity contribution in [3.63, 3.8) is 0 Å². The minimum Gasteiger partial charge on any atom is -0.497 e. The SMILES string of the molecule is COc1ccc(CC(=O)OCC(=O)Nc2ccc(F)c(F)c2F)cc1. The summed E-state index contributed by atoms with van der Waals surface area (Å²) < 4.78 is 49.0. The van der Waals surface area contributed by atoms with E-state index in [0.717, 1.165) is 6.07 Å². The van der Waals surface area contributed by atoms with E-state index in [1.165, 1.54) is 7.11 Å². The first-order valence-electron chi connectivity index (χ1n) is 7.12. The maximum atomic E-state index is 13.4. The Hall–Kier alpha value is -3.03. The Bertz CT molecular complexity index is 778. The van der Waals surface area contributed by atoms with E-state index in [9.17, 15) is 22.8 Å². The highest BCUT2D eigenvalue weighted by Gasteiger charge is 2.16. The number of anilines is 1. The van der Waals surface area contributed by atoms with Crippen molar-refractivity contribution in [1.82, 2.24) is 0 Å². The van der Waals surface area contributed by atoms with Gasteiger partial charge in [0.2, 0.25) is 0 Å². The van der Waals surface area contributed by atoms with Crippen molar-refractivity contribution < 1.29 is 32.2 Å². The third-order valence-electron chi connectivity index (χ3n) is 3.18. The van der Waals surface area contributed by atoms with Crippen LogP contribution in [-0.4, -0.2) is 25.6 Å². The first kappa shape index (κ1) is 18.3. The fourth-order valence-corrected chi connectivity index (χ4v) is 1.92. The van der Waals surface area contributed by atoms with Gasteiger partial charge in [0.25, 0.3) is 5.91 Å². The third-order valence-corrected chi connectivity index (χ3v) is 3.18. The number of hydrogen-bond donors (Lipinski definition) is 1. The molecule has 8 heteroatoms. The van der Waals surface area contributed by atoms with Crippen molar-refractivity contribution in [2.24, 2.45) is 0 Å². The van der Waals surface area contributed by atoms with Gasteiger partial charge < -0.3 is 14.8 Å². The molecule has 0 spiro atoms. The van der Waals surface area contributed by atoms with E-state index in [0.29, 0.717) is 17.4 Å². The number of carbonyl (C=O) groups is 2. The van der Waals surface area contributed by atoms with E-state index in [-0.39, 0.29) is 6.42 Å². The molecule has 0 heterocycles. The maximum absolute atomic E-state index is 13.4. The summed E-state index contributed by atoms with van der Waals surface area (Å²) in [5.41, 5.74) is 0.105. The molecule has 0 saturated carbocycles. The highest BCUT2D eigenvalue weighted by atomic mass is 19.2. The molecule has 0 aliphatic carbocycles. The Kier molecular flexibility index (Phi) is 5.99. The van der Waals surface area contributed by atoms with Gasteiger partial charge in [-0.1, -0.05) is 12.1 Å². The van der Waals surface area contributed by atoms with Crippen molar-refractivity contribution >= 4 is 17.6 Å². The van der Waals surface area contributed by atoms with Gasteiger partial charge in [-0.3, -0.25) is 9.59 Å². The Labute approximate surface area is 141 Å². The molecule has 0 fully saturated rings. The molecule has 0 saturated heterocycles. The molecule has 0 atom stereocenters. The minimum atomic E-state index is -1.70. The van der Waals surface area contributed by atoms with E-state index in [1.54, 1.807) is 24.3 Å². The van der Waals surface area contributed by atoms with Crippen LogP contribution < -0.4 is 10.1 Å². The lowest BCUT2D eigenvalue weighted by Gasteiger charge is -2.08. The third kappa shape index (κ3) is 4.97. The number of benzene rings is 2. The van der Waals surface area contributed by atoms with E-state index < -0.39 is 41.6 Å². The Morgan fingerprint density at radius 3 is 2.32 bits per heavy atom. The van der Waals surface area contributed by atoms with Crippen molar-refractivity contribution in [2.45, 2.75) is 6.42 Å². The molecule has 0 aliphatic rings. The molecule has 1 amide bonds. The molecule has 132 valence electrons. The lowest BCUT2D eigenvalue weighted by molar-refractivity contribution is -0.146. The van der Waals surface area contributed by atoms with Gasteiger partial charge in [0.1, 0.15) is 5.75 Å². The number of rotatable bonds is 6. The number of carbonyl (C=O) groups excluding carboxylic acids is 2. The van der Waals surface area contributed by atoms with Gasteiger partial charge in [0, 0.05) is 0 Å². The highest BCUT2D eigenvalue weighted by Crippen LogP contribution is 2.19. The average molecular weight is 353 g/mol. The summed E-state index contributed by atoms with van der Waals surface area (Å²) in [6.45, 7) is -0.687. The maximum Gasteiger partial charge on any atom is 0.310 e. The van der Waals surface area contributed by atoms with Crippen molar-refractivity contribution in [2.75, 3.05) is 19.0 Å². The Morgan fingerprint density at radius 1 is 1.00 bits per heavy atom. The Balaban J connectivity index is 1.85. The summed E-state index contributed by atoms with van der Waals surface area (Å²) in [4.78, 5) is 23.3. The lowest BCUT2D eigenvalue weighted by Crippen LogP contribution is -2.22. The van der Waals surface area contributed by atoms with E-state index in [2.05, 4.69) is 0 Å². The minimum absolute atomic E-state index is 0.0726. The van der Waals surface area contributed by atoms with Gasteiger partial charge in [-0.25, -0.2) is 13.2 Å². The smallest absolute Gasteiger partial charge is 0.310 e. The number of amides is 1. The summed E-state index contributed by atoms with van der Waals surface area (Å²) in [5, 5.41) is 2.00. The molecule has 2 aromatic rings. The number of halogens is 3. The van der Waals surface area contributed by atoms with E-state index in [1.807, 2.05) is 5.32 Å². The van der Waals surface area contributed by atoms with Crippen LogP contribution in [-0.2, 0) is 20.7 Å². The van der Waals surface area contributed by atoms with Gasteiger partial charge >= 0.3 is 5.97 Å². The second kappa shape index (κ2) is 8.18. The number of ether oxygens (including phenoxy) is 2. The Morgan fingerprint density at radius 2 is 1.68 bits per heavy atom. The molecule has 25 heavy (non-hydrogen) atoms. The molecule has 5 nitrogen and oxygen atoms in total. The number of methoxy groups -OCH3 is 1. The molecule has 1 N–H and O–H groups in total. The normalized spacial score (nSPS) is 10.2.